The Labute approximate surface area is 102 Å². The molecule has 0 spiro atoms. The van der Waals surface area contributed by atoms with Crippen LogP contribution in [0.2, 0.25) is 0 Å². The lowest BCUT2D eigenvalue weighted by atomic mass is 10.1. The van der Waals surface area contributed by atoms with E-state index in [1.807, 2.05) is 24.3 Å². The first-order chi connectivity index (χ1) is 8.27. The first-order valence-electron chi connectivity index (χ1n) is 5.48. The zero-order chi connectivity index (χ0) is 12.5. The molecule has 0 bridgehead atoms. The molecule has 0 saturated heterocycles. The number of hydrogen-bond acceptors (Lipinski definition) is 2. The molecule has 0 amide bonds. The highest BCUT2D eigenvalue weighted by Gasteiger charge is 2.00. The minimum absolute atomic E-state index is 0.428. The smallest absolute Gasteiger partial charge is 0.189 e. The van der Waals surface area contributed by atoms with Crippen molar-refractivity contribution in [2.45, 2.75) is 13.2 Å². The average molecular weight is 233 g/mol. The largest absolute Gasteiger partial charge is 0.380 e. The second-order valence-electron chi connectivity index (χ2n) is 3.57. The van der Waals surface area contributed by atoms with Gasteiger partial charge in [0.1, 0.15) is 0 Å². The zero-order valence-corrected chi connectivity index (χ0v) is 10.1. The number of aliphatic imine (C=N–C) groups is 1. The number of hydrogen-bond donors (Lipinski definition) is 2. The lowest BCUT2D eigenvalue weighted by Gasteiger charge is -2.07. The SMILES string of the molecule is C=CCNC(N)=NCc1ccccc1COC. The Bertz CT molecular complexity index is 388. The maximum absolute atomic E-state index is 5.69. The molecular formula is C13H19N3O. The lowest BCUT2D eigenvalue weighted by molar-refractivity contribution is 0.184. The predicted octanol–water partition coefficient (Wildman–Crippen LogP) is 1.42. The normalized spacial score (nSPS) is 11.2. The molecule has 1 rings (SSSR count). The van der Waals surface area contributed by atoms with Crippen LogP contribution < -0.4 is 11.1 Å². The molecule has 0 aliphatic heterocycles. The van der Waals surface area contributed by atoms with Gasteiger partial charge in [-0.15, -0.1) is 6.58 Å². The number of nitrogens with one attached hydrogen (secondary N) is 1. The maximum atomic E-state index is 5.69. The molecule has 4 heteroatoms. The number of guanidine groups is 1. The quantitative estimate of drug-likeness (QED) is 0.444. The summed E-state index contributed by atoms with van der Waals surface area (Å²) < 4.78 is 5.13. The summed E-state index contributed by atoms with van der Waals surface area (Å²) in [5.41, 5.74) is 7.95. The van der Waals surface area contributed by atoms with Crippen molar-refractivity contribution >= 4 is 5.96 Å². The van der Waals surface area contributed by atoms with E-state index < -0.39 is 0 Å². The number of benzene rings is 1. The summed E-state index contributed by atoms with van der Waals surface area (Å²) in [5.74, 6) is 0.428. The summed E-state index contributed by atoms with van der Waals surface area (Å²) in [4.78, 5) is 4.25. The van der Waals surface area contributed by atoms with Gasteiger partial charge in [0.05, 0.1) is 13.2 Å². The number of nitrogens with zero attached hydrogens (tertiary/aromatic N) is 1. The van der Waals surface area contributed by atoms with Crippen LogP contribution >= 0.6 is 0 Å². The molecule has 0 fully saturated rings. The summed E-state index contributed by atoms with van der Waals surface area (Å²) in [5, 5.41) is 2.93. The van der Waals surface area contributed by atoms with E-state index in [0.717, 1.165) is 11.1 Å². The van der Waals surface area contributed by atoms with Crippen LogP contribution in [0.3, 0.4) is 0 Å². The molecule has 0 aliphatic rings. The predicted molar refractivity (Wildman–Crippen MR) is 70.7 cm³/mol. The highest BCUT2D eigenvalue weighted by atomic mass is 16.5. The third-order valence-corrected chi connectivity index (χ3v) is 2.27. The topological polar surface area (TPSA) is 59.6 Å². The first kappa shape index (κ1) is 13.3. The molecule has 0 aromatic heterocycles. The van der Waals surface area contributed by atoms with E-state index in [9.17, 15) is 0 Å². The fraction of sp³-hybridized carbons (Fsp3) is 0.308. The highest BCUT2D eigenvalue weighted by Crippen LogP contribution is 2.10. The molecule has 1 aromatic rings. The number of ether oxygens (including phenoxy) is 1. The van der Waals surface area contributed by atoms with Crippen molar-refractivity contribution in [1.29, 1.82) is 0 Å². The van der Waals surface area contributed by atoms with Gasteiger partial charge in [0, 0.05) is 13.7 Å². The number of rotatable bonds is 6. The molecule has 0 atom stereocenters. The van der Waals surface area contributed by atoms with Crippen LogP contribution in [0.5, 0.6) is 0 Å². The Balaban J connectivity index is 2.64. The van der Waals surface area contributed by atoms with Gasteiger partial charge in [-0.05, 0) is 11.1 Å². The molecule has 0 unspecified atom stereocenters. The van der Waals surface area contributed by atoms with Crippen LogP contribution in [0, 0.1) is 0 Å². The molecule has 1 aromatic carbocycles. The molecule has 92 valence electrons. The van der Waals surface area contributed by atoms with Gasteiger partial charge in [-0.1, -0.05) is 30.3 Å². The van der Waals surface area contributed by atoms with Gasteiger partial charge >= 0.3 is 0 Å². The molecule has 0 saturated carbocycles. The monoisotopic (exact) mass is 233 g/mol. The fourth-order valence-electron chi connectivity index (χ4n) is 1.41. The van der Waals surface area contributed by atoms with Crippen LogP contribution in [-0.2, 0) is 17.9 Å². The number of methoxy groups -OCH3 is 1. The molecular weight excluding hydrogens is 214 g/mol. The molecule has 3 N–H and O–H groups in total. The van der Waals surface area contributed by atoms with Gasteiger partial charge in [-0.3, -0.25) is 0 Å². The summed E-state index contributed by atoms with van der Waals surface area (Å²) >= 11 is 0. The maximum Gasteiger partial charge on any atom is 0.189 e. The van der Waals surface area contributed by atoms with E-state index >= 15 is 0 Å². The first-order valence-corrected chi connectivity index (χ1v) is 5.48. The Morgan fingerprint density at radius 2 is 2.18 bits per heavy atom. The lowest BCUT2D eigenvalue weighted by Crippen LogP contribution is -2.31. The Kier molecular flexibility index (Phi) is 5.82. The molecule has 0 heterocycles. The zero-order valence-electron chi connectivity index (χ0n) is 10.1. The van der Waals surface area contributed by atoms with Gasteiger partial charge in [-0.2, -0.15) is 0 Å². The second-order valence-corrected chi connectivity index (χ2v) is 3.57. The number of nitrogens with two attached hydrogens (primary N) is 1. The Morgan fingerprint density at radius 1 is 1.47 bits per heavy atom. The van der Waals surface area contributed by atoms with Crippen molar-refractivity contribution in [2.24, 2.45) is 10.7 Å². The van der Waals surface area contributed by atoms with E-state index in [1.54, 1.807) is 13.2 Å². The highest BCUT2D eigenvalue weighted by molar-refractivity contribution is 5.77. The van der Waals surface area contributed by atoms with Crippen molar-refractivity contribution in [3.05, 3.63) is 48.0 Å². The van der Waals surface area contributed by atoms with Crippen LogP contribution in [0.15, 0.2) is 41.9 Å². The van der Waals surface area contributed by atoms with E-state index in [4.69, 9.17) is 10.5 Å². The van der Waals surface area contributed by atoms with Crippen molar-refractivity contribution in [3.63, 3.8) is 0 Å². The van der Waals surface area contributed by atoms with Crippen LogP contribution in [0.25, 0.3) is 0 Å². The van der Waals surface area contributed by atoms with Crippen LogP contribution in [-0.4, -0.2) is 19.6 Å². The van der Waals surface area contributed by atoms with E-state index in [2.05, 4.69) is 16.9 Å². The van der Waals surface area contributed by atoms with E-state index in [-0.39, 0.29) is 0 Å². The average Bonchev–Trinajstić information content (AvgIpc) is 2.35. The van der Waals surface area contributed by atoms with Gasteiger partial charge in [0.25, 0.3) is 0 Å². The van der Waals surface area contributed by atoms with E-state index in [1.165, 1.54) is 0 Å². The molecule has 0 radical (unpaired) electrons. The van der Waals surface area contributed by atoms with Gasteiger partial charge in [0.2, 0.25) is 0 Å². The Morgan fingerprint density at radius 3 is 2.82 bits per heavy atom. The van der Waals surface area contributed by atoms with E-state index in [0.29, 0.717) is 25.7 Å². The van der Waals surface area contributed by atoms with Crippen molar-refractivity contribution in [3.8, 4) is 0 Å². The van der Waals surface area contributed by atoms with Gasteiger partial charge in [0.15, 0.2) is 5.96 Å². The minimum Gasteiger partial charge on any atom is -0.380 e. The summed E-state index contributed by atoms with van der Waals surface area (Å²) in [6.07, 6.45) is 1.74. The molecule has 0 aliphatic carbocycles. The summed E-state index contributed by atoms with van der Waals surface area (Å²) in [6, 6.07) is 8.03. The van der Waals surface area contributed by atoms with Gasteiger partial charge < -0.3 is 15.8 Å². The van der Waals surface area contributed by atoms with Crippen molar-refractivity contribution in [2.75, 3.05) is 13.7 Å². The third kappa shape index (κ3) is 4.70. The Hall–Kier alpha value is -1.81. The van der Waals surface area contributed by atoms with Crippen molar-refractivity contribution in [1.82, 2.24) is 5.32 Å². The molecule has 4 nitrogen and oxygen atoms in total. The summed E-state index contributed by atoms with van der Waals surface area (Å²) in [7, 11) is 1.68. The fourth-order valence-corrected chi connectivity index (χ4v) is 1.41. The molecule has 17 heavy (non-hydrogen) atoms. The van der Waals surface area contributed by atoms with Crippen molar-refractivity contribution < 1.29 is 4.74 Å². The van der Waals surface area contributed by atoms with Crippen LogP contribution in [0.4, 0.5) is 0 Å². The summed E-state index contributed by atoms with van der Waals surface area (Å²) in [6.45, 7) is 5.36. The van der Waals surface area contributed by atoms with Gasteiger partial charge in [-0.25, -0.2) is 4.99 Å². The standard InChI is InChI=1S/C13H19N3O/c1-3-8-15-13(14)16-9-11-6-4-5-7-12(11)10-17-2/h3-7H,1,8-10H2,2H3,(H3,14,15,16). The third-order valence-electron chi connectivity index (χ3n) is 2.27. The van der Waals surface area contributed by atoms with Crippen LogP contribution in [0.1, 0.15) is 11.1 Å². The minimum atomic E-state index is 0.428. The second kappa shape index (κ2) is 7.46.